The number of benzene rings is 1. The van der Waals surface area contributed by atoms with E-state index in [1.165, 1.54) is 34.9 Å². The first-order chi connectivity index (χ1) is 23.9. The van der Waals surface area contributed by atoms with E-state index in [-0.39, 0.29) is 22.3 Å². The first-order valence-electron chi connectivity index (χ1n) is 18.2. The first-order valence-corrected chi connectivity index (χ1v) is 18.2. The van der Waals surface area contributed by atoms with Crippen molar-refractivity contribution in [2.24, 2.45) is 0 Å². The van der Waals surface area contributed by atoms with Crippen molar-refractivity contribution in [2.75, 3.05) is 28.4 Å². The van der Waals surface area contributed by atoms with Crippen molar-refractivity contribution in [1.29, 1.82) is 0 Å². The van der Waals surface area contributed by atoms with Crippen LogP contribution in [0.1, 0.15) is 153 Å². The van der Waals surface area contributed by atoms with E-state index in [4.69, 9.17) is 23.7 Å². The average Bonchev–Trinajstić information content (AvgIpc) is 3.28. The Morgan fingerprint density at radius 3 is 1.51 bits per heavy atom. The van der Waals surface area contributed by atoms with Crippen molar-refractivity contribution >= 4 is 29.6 Å². The van der Waals surface area contributed by atoms with Crippen LogP contribution in [0.4, 0.5) is 0 Å². The lowest BCUT2D eigenvalue weighted by molar-refractivity contribution is -0.139. The molecule has 1 aromatic rings. The van der Waals surface area contributed by atoms with Crippen LogP contribution in [0.2, 0.25) is 0 Å². The van der Waals surface area contributed by atoms with Crippen molar-refractivity contribution in [3.63, 3.8) is 0 Å². The Kier molecular flexibility index (Phi) is 15.0. The minimum absolute atomic E-state index is 0.128. The van der Waals surface area contributed by atoms with Gasteiger partial charge in [-0.2, -0.15) is 0 Å². The lowest BCUT2D eigenvalue weighted by atomic mass is 9.83. The normalized spacial score (nSPS) is 18.7. The molecular weight excluding hydrogens is 624 g/mol. The van der Waals surface area contributed by atoms with E-state index in [1.807, 2.05) is 6.07 Å². The van der Waals surface area contributed by atoms with Gasteiger partial charge in [0.25, 0.3) is 0 Å². The quantitative estimate of drug-likeness (QED) is 0.223. The predicted molar refractivity (Wildman–Crippen MR) is 187 cm³/mol. The fourth-order valence-corrected chi connectivity index (χ4v) is 7.45. The van der Waals surface area contributed by atoms with Crippen LogP contribution in [0.25, 0.3) is 5.76 Å². The number of rotatable bonds is 5. The molecule has 5 rings (SSSR count). The number of hydrogen-bond acceptors (Lipinski definition) is 9. The van der Waals surface area contributed by atoms with Crippen LogP contribution in [0.5, 0.6) is 0 Å². The van der Waals surface area contributed by atoms with Crippen molar-refractivity contribution in [1.82, 2.24) is 0 Å². The summed E-state index contributed by atoms with van der Waals surface area (Å²) in [6.45, 7) is 0. The lowest BCUT2D eigenvalue weighted by Crippen LogP contribution is -2.20. The number of methoxy groups -OCH3 is 4. The molecule has 0 amide bonds. The van der Waals surface area contributed by atoms with Crippen LogP contribution in [0, 0.1) is 0 Å². The summed E-state index contributed by atoms with van der Waals surface area (Å²) in [5, 5.41) is 0. The number of carbonyl (C=O) groups excluding carboxylic acids is 4. The number of aryl methyl sites for hydroxylation is 1. The summed E-state index contributed by atoms with van der Waals surface area (Å²) in [7, 11) is 5.25. The molecule has 0 fully saturated rings. The highest BCUT2D eigenvalue weighted by atomic mass is 16.5. The summed E-state index contributed by atoms with van der Waals surface area (Å²) in [4.78, 5) is 54.7. The number of carbonyl (C=O) groups is 4. The molecule has 0 N–H and O–H groups in total. The Bertz CT molecular complexity index is 1460. The van der Waals surface area contributed by atoms with Gasteiger partial charge in [-0.15, -0.1) is 0 Å². The van der Waals surface area contributed by atoms with Crippen LogP contribution >= 0.6 is 0 Å². The smallest absolute Gasteiger partial charge is 0.339 e. The Balaban J connectivity index is 2.13. The molecule has 9 heteroatoms. The lowest BCUT2D eigenvalue weighted by Gasteiger charge is -2.23. The minimum Gasteiger partial charge on any atom is -0.465 e. The first kappa shape index (κ1) is 37.9. The van der Waals surface area contributed by atoms with Crippen molar-refractivity contribution in [2.45, 2.75) is 128 Å². The topological polar surface area (TPSA) is 114 Å². The zero-order valence-electron chi connectivity index (χ0n) is 30.0. The van der Waals surface area contributed by atoms with Crippen LogP contribution in [-0.2, 0) is 46.1 Å². The maximum atomic E-state index is 13.9. The van der Waals surface area contributed by atoms with E-state index in [1.54, 1.807) is 6.26 Å². The molecule has 3 aliphatic carbocycles. The van der Waals surface area contributed by atoms with Crippen LogP contribution in [0.3, 0.4) is 0 Å². The summed E-state index contributed by atoms with van der Waals surface area (Å²) >= 11 is 0. The molecule has 0 atom stereocenters. The van der Waals surface area contributed by atoms with Gasteiger partial charge in [-0.05, 0) is 68.6 Å². The van der Waals surface area contributed by atoms with E-state index >= 15 is 0 Å². The van der Waals surface area contributed by atoms with Gasteiger partial charge in [0.1, 0.15) is 5.76 Å². The Morgan fingerprint density at radius 1 is 0.510 bits per heavy atom. The molecule has 0 unspecified atom stereocenters. The van der Waals surface area contributed by atoms with Crippen LogP contribution < -0.4 is 0 Å². The monoisotopic (exact) mass is 678 g/mol. The second kappa shape index (κ2) is 19.3. The summed E-state index contributed by atoms with van der Waals surface area (Å²) in [5.41, 5.74) is 3.66. The van der Waals surface area contributed by atoms with Gasteiger partial charge in [-0.25, -0.2) is 19.2 Å². The fourth-order valence-electron chi connectivity index (χ4n) is 7.45. The molecule has 0 radical (unpaired) electrons. The summed E-state index contributed by atoms with van der Waals surface area (Å²) in [6.07, 6.45) is 19.5. The van der Waals surface area contributed by atoms with Gasteiger partial charge in [0, 0.05) is 16.7 Å². The van der Waals surface area contributed by atoms with Crippen molar-refractivity contribution in [3.8, 4) is 0 Å². The Hall–Kier alpha value is -3.88. The Labute approximate surface area is 291 Å². The maximum absolute atomic E-state index is 13.9. The number of ether oxygens (including phenoxy) is 5. The molecule has 0 saturated carbocycles. The standard InChI is InChI=1S/C40H54O9/c1-45-37(41)32-27-21-17-13-9-5-7-11-15-19-23-29(34(32)39(43)47-3)31(25-27)36-30-24-20-16-12-8-6-10-14-18-22-28(26-49-36)33(38(42)46-2)35(30)40(44)48-4/h25-26H,5-24H2,1-4H3. The molecule has 268 valence electrons. The highest BCUT2D eigenvalue weighted by molar-refractivity contribution is 6.09. The highest BCUT2D eigenvalue weighted by Gasteiger charge is 2.36. The van der Waals surface area contributed by atoms with Gasteiger partial charge in [0.2, 0.25) is 0 Å². The SMILES string of the molecule is COC(=O)C1=C(C(=O)OC)C2=C(c3cc4c(C(=O)OC)c(C(=O)OC)c3CCCCCCCCCC4)OC=C1CCCCCCCCCC2. The number of hydrogen-bond donors (Lipinski definition) is 0. The molecule has 1 aromatic carbocycles. The summed E-state index contributed by atoms with van der Waals surface area (Å²) in [5.74, 6) is -2.12. The molecule has 0 saturated heterocycles. The second-order valence-corrected chi connectivity index (χ2v) is 13.3. The minimum atomic E-state index is -0.653. The van der Waals surface area contributed by atoms with Gasteiger partial charge in [0.05, 0.1) is 57.0 Å². The van der Waals surface area contributed by atoms with Gasteiger partial charge in [-0.3, -0.25) is 0 Å². The van der Waals surface area contributed by atoms with Crippen molar-refractivity contribution in [3.05, 3.63) is 62.4 Å². The van der Waals surface area contributed by atoms with Gasteiger partial charge in [-0.1, -0.05) is 77.0 Å². The van der Waals surface area contributed by atoms with Gasteiger partial charge in [0.15, 0.2) is 0 Å². The van der Waals surface area contributed by atoms with E-state index in [2.05, 4.69) is 0 Å². The van der Waals surface area contributed by atoms with Crippen molar-refractivity contribution < 1.29 is 42.9 Å². The predicted octanol–water partition coefficient (Wildman–Crippen LogP) is 8.66. The molecule has 1 aliphatic heterocycles. The van der Waals surface area contributed by atoms with E-state index < -0.39 is 23.9 Å². The third-order valence-electron chi connectivity index (χ3n) is 10.0. The molecular formula is C40H54O9. The van der Waals surface area contributed by atoms with E-state index in [0.717, 1.165) is 96.3 Å². The number of esters is 4. The fraction of sp³-hybridized carbons (Fsp3) is 0.600. The molecule has 4 aliphatic rings. The number of fused-ring (bicyclic) bond motifs is 13. The average molecular weight is 679 g/mol. The molecule has 1 heterocycles. The molecule has 4 bridgehead atoms. The molecule has 9 nitrogen and oxygen atoms in total. The zero-order valence-corrected chi connectivity index (χ0v) is 30.0. The third kappa shape index (κ3) is 9.43. The van der Waals surface area contributed by atoms with Crippen LogP contribution in [-0.4, -0.2) is 52.3 Å². The van der Waals surface area contributed by atoms with Gasteiger partial charge < -0.3 is 23.7 Å². The van der Waals surface area contributed by atoms with Crippen LogP contribution in [0.15, 0.2) is 34.6 Å². The summed E-state index contributed by atoms with van der Waals surface area (Å²) in [6, 6.07) is 1.94. The molecule has 0 spiro atoms. The highest BCUT2D eigenvalue weighted by Crippen LogP contribution is 2.42. The van der Waals surface area contributed by atoms with E-state index in [0.29, 0.717) is 59.3 Å². The summed E-state index contributed by atoms with van der Waals surface area (Å²) < 4.78 is 27.9. The molecule has 49 heavy (non-hydrogen) atoms. The van der Waals surface area contributed by atoms with Gasteiger partial charge >= 0.3 is 23.9 Å². The second-order valence-electron chi connectivity index (χ2n) is 13.3. The van der Waals surface area contributed by atoms with E-state index in [9.17, 15) is 19.2 Å². The maximum Gasteiger partial charge on any atom is 0.339 e. The molecule has 0 aromatic heterocycles. The Morgan fingerprint density at radius 2 is 0.959 bits per heavy atom. The zero-order chi connectivity index (χ0) is 35.2. The third-order valence-corrected chi connectivity index (χ3v) is 10.0. The largest absolute Gasteiger partial charge is 0.465 e.